The molecular weight excluding hydrogens is 454 g/mol. The lowest BCUT2D eigenvalue weighted by Gasteiger charge is -2.15. The maximum absolute atomic E-state index is 12.8. The molecule has 1 N–H and O–H groups in total. The number of halogens is 1. The van der Waals surface area contributed by atoms with Crippen molar-refractivity contribution in [1.82, 2.24) is 4.57 Å². The minimum atomic E-state index is -0.880. The summed E-state index contributed by atoms with van der Waals surface area (Å²) in [5.74, 6) is -2.08. The van der Waals surface area contributed by atoms with Crippen molar-refractivity contribution in [2.75, 3.05) is 20.3 Å². The Bertz CT molecular complexity index is 1160. The number of hydrogen-bond acceptors (Lipinski definition) is 6. The van der Waals surface area contributed by atoms with Crippen LogP contribution in [0, 0.1) is 0 Å². The zero-order chi connectivity index (χ0) is 21.8. The number of carbonyl (C=O) groups is 2. The topological polar surface area (TPSA) is 87.0 Å². The molecule has 3 rings (SSSR count). The highest BCUT2D eigenvalue weighted by Gasteiger charge is 2.32. The van der Waals surface area contributed by atoms with E-state index < -0.39 is 17.7 Å². The zero-order valence-electron chi connectivity index (χ0n) is 16.3. The van der Waals surface area contributed by atoms with Crippen LogP contribution >= 0.6 is 15.9 Å². The molecule has 7 nitrogen and oxygen atoms in total. The highest BCUT2D eigenvalue weighted by Crippen LogP contribution is 2.44. The van der Waals surface area contributed by atoms with Gasteiger partial charge in [0, 0.05) is 22.4 Å². The lowest BCUT2D eigenvalue weighted by atomic mass is 10.0. The summed E-state index contributed by atoms with van der Waals surface area (Å²) < 4.78 is 17.6. The number of fused-ring (bicyclic) bond motifs is 3. The molecule has 30 heavy (non-hydrogen) atoms. The molecule has 0 radical (unpaired) electrons. The highest BCUT2D eigenvalue weighted by atomic mass is 79.9. The Morgan fingerprint density at radius 3 is 2.30 bits per heavy atom. The monoisotopic (exact) mass is 473 g/mol. The fraction of sp³-hybridized carbons (Fsp3) is 0.182. The molecule has 0 amide bonds. The number of benzene rings is 2. The third kappa shape index (κ3) is 3.59. The largest absolute Gasteiger partial charge is 0.505 e. The number of aromatic nitrogens is 1. The van der Waals surface area contributed by atoms with E-state index in [9.17, 15) is 14.7 Å². The first kappa shape index (κ1) is 21.6. The van der Waals surface area contributed by atoms with Crippen LogP contribution in [0.5, 0.6) is 5.75 Å². The van der Waals surface area contributed by atoms with Gasteiger partial charge in [-0.1, -0.05) is 43.5 Å². The maximum Gasteiger partial charge on any atom is 0.343 e. The molecule has 1 heterocycles. The molecule has 1 aromatic heterocycles. The van der Waals surface area contributed by atoms with Crippen LogP contribution in [0.3, 0.4) is 0 Å². The highest BCUT2D eigenvalue weighted by molar-refractivity contribution is 9.10. The van der Waals surface area contributed by atoms with E-state index in [2.05, 4.69) is 29.1 Å². The average molecular weight is 474 g/mol. The summed E-state index contributed by atoms with van der Waals surface area (Å²) in [6, 6.07) is 7.38. The van der Waals surface area contributed by atoms with E-state index in [-0.39, 0.29) is 31.1 Å². The lowest BCUT2D eigenvalue weighted by Crippen LogP contribution is -2.16. The molecule has 2 aromatic carbocycles. The Kier molecular flexibility index (Phi) is 6.59. The first-order valence-corrected chi connectivity index (χ1v) is 9.77. The van der Waals surface area contributed by atoms with Crippen LogP contribution < -0.4 is 0 Å². The van der Waals surface area contributed by atoms with Gasteiger partial charge in [-0.05, 0) is 22.0 Å². The third-order valence-corrected chi connectivity index (χ3v) is 5.24. The molecular formula is C22H20BrNO6. The number of carbonyl (C=O) groups excluding carboxylic acids is 2. The van der Waals surface area contributed by atoms with Gasteiger partial charge in [0.2, 0.25) is 0 Å². The van der Waals surface area contributed by atoms with Gasteiger partial charge < -0.3 is 23.9 Å². The van der Waals surface area contributed by atoms with Crippen molar-refractivity contribution in [2.24, 2.45) is 0 Å². The molecule has 0 bridgehead atoms. The van der Waals surface area contributed by atoms with E-state index in [1.165, 1.54) is 19.3 Å². The predicted octanol–water partition coefficient (Wildman–Crippen LogP) is 4.55. The van der Waals surface area contributed by atoms with E-state index in [4.69, 9.17) is 14.2 Å². The van der Waals surface area contributed by atoms with Crippen molar-refractivity contribution in [3.63, 3.8) is 0 Å². The van der Waals surface area contributed by atoms with Crippen LogP contribution in [-0.4, -0.2) is 41.9 Å². The standard InChI is InChI=1S/C22H20BrNO6/c1-4-10-29-21(26)16-17(22(27)30-11-5-2)20(25)19-15(18(16)23)13-8-6-7-9-14(13)24(19)12-28-3/h4-9,25H,1-2,10-12H2,3H3. The molecule has 0 aliphatic rings. The minimum Gasteiger partial charge on any atom is -0.505 e. The van der Waals surface area contributed by atoms with E-state index in [1.807, 2.05) is 24.3 Å². The van der Waals surface area contributed by atoms with Crippen LogP contribution in [0.1, 0.15) is 20.7 Å². The Labute approximate surface area is 181 Å². The number of hydrogen-bond donors (Lipinski definition) is 1. The predicted molar refractivity (Wildman–Crippen MR) is 117 cm³/mol. The fourth-order valence-corrected chi connectivity index (χ4v) is 4.07. The second kappa shape index (κ2) is 9.15. The van der Waals surface area contributed by atoms with Crippen molar-refractivity contribution in [2.45, 2.75) is 6.73 Å². The minimum absolute atomic E-state index is 0.0589. The molecule has 3 aromatic rings. The van der Waals surface area contributed by atoms with Gasteiger partial charge >= 0.3 is 11.9 Å². The average Bonchev–Trinajstić information content (AvgIpc) is 3.08. The van der Waals surface area contributed by atoms with Gasteiger partial charge in [0.15, 0.2) is 5.75 Å². The number of esters is 2. The summed E-state index contributed by atoms with van der Waals surface area (Å²) in [5, 5.41) is 12.5. The third-order valence-electron chi connectivity index (χ3n) is 4.45. The van der Waals surface area contributed by atoms with Crippen LogP contribution in [0.2, 0.25) is 0 Å². The van der Waals surface area contributed by atoms with Crippen LogP contribution in [0.4, 0.5) is 0 Å². The molecule has 0 atom stereocenters. The molecule has 0 aliphatic heterocycles. The quantitative estimate of drug-likeness (QED) is 0.381. The number of phenols is 1. The molecule has 0 spiro atoms. The number of aromatic hydroxyl groups is 1. The summed E-state index contributed by atoms with van der Waals surface area (Å²) in [7, 11) is 1.52. The van der Waals surface area contributed by atoms with Gasteiger partial charge in [0.1, 0.15) is 25.5 Å². The van der Waals surface area contributed by atoms with Crippen molar-refractivity contribution < 1.29 is 28.9 Å². The fourth-order valence-electron chi connectivity index (χ4n) is 3.31. The molecule has 0 saturated heterocycles. The van der Waals surface area contributed by atoms with E-state index in [0.717, 1.165) is 10.9 Å². The van der Waals surface area contributed by atoms with Crippen LogP contribution in [-0.2, 0) is 20.9 Å². The van der Waals surface area contributed by atoms with Crippen LogP contribution in [0.25, 0.3) is 21.8 Å². The zero-order valence-corrected chi connectivity index (χ0v) is 17.9. The Morgan fingerprint density at radius 2 is 1.70 bits per heavy atom. The van der Waals surface area contributed by atoms with Crippen molar-refractivity contribution in [3.8, 4) is 5.75 Å². The summed E-state index contributed by atoms with van der Waals surface area (Å²) in [6.45, 7) is 7.00. The van der Waals surface area contributed by atoms with Crippen molar-refractivity contribution >= 4 is 49.7 Å². The molecule has 156 valence electrons. The first-order valence-electron chi connectivity index (χ1n) is 8.98. The number of phenolic OH excluding ortho intramolecular Hbond substituents is 1. The summed E-state index contributed by atoms with van der Waals surface area (Å²) in [5.41, 5.74) is 0.657. The summed E-state index contributed by atoms with van der Waals surface area (Å²) >= 11 is 3.46. The van der Waals surface area contributed by atoms with Gasteiger partial charge in [0.25, 0.3) is 0 Å². The number of methoxy groups -OCH3 is 1. The van der Waals surface area contributed by atoms with E-state index >= 15 is 0 Å². The second-order valence-electron chi connectivity index (χ2n) is 6.27. The molecule has 0 aliphatic carbocycles. The summed E-state index contributed by atoms with van der Waals surface area (Å²) in [4.78, 5) is 25.6. The summed E-state index contributed by atoms with van der Waals surface area (Å²) in [6.07, 6.45) is 2.80. The molecule has 0 fully saturated rings. The Balaban J connectivity index is 2.45. The lowest BCUT2D eigenvalue weighted by molar-refractivity contribution is 0.0499. The molecule has 0 unspecified atom stereocenters. The number of nitrogens with zero attached hydrogens (tertiary/aromatic N) is 1. The van der Waals surface area contributed by atoms with Crippen LogP contribution in [0.15, 0.2) is 54.0 Å². The van der Waals surface area contributed by atoms with Gasteiger partial charge in [-0.3, -0.25) is 0 Å². The SMILES string of the molecule is C=CCOC(=O)c1c(C(=O)OCC=C)c(O)c2c(c1Br)c1ccccc1n2COC. The van der Waals surface area contributed by atoms with Gasteiger partial charge in [-0.15, -0.1) is 0 Å². The number of para-hydroxylation sites is 1. The smallest absolute Gasteiger partial charge is 0.343 e. The second-order valence-corrected chi connectivity index (χ2v) is 7.07. The molecule has 0 saturated carbocycles. The first-order chi connectivity index (χ1) is 14.5. The Morgan fingerprint density at radius 1 is 1.10 bits per heavy atom. The number of rotatable bonds is 8. The van der Waals surface area contributed by atoms with Gasteiger partial charge in [-0.25, -0.2) is 9.59 Å². The van der Waals surface area contributed by atoms with Gasteiger partial charge in [0.05, 0.1) is 16.6 Å². The number of ether oxygens (including phenoxy) is 3. The Hall–Kier alpha value is -3.10. The van der Waals surface area contributed by atoms with E-state index in [1.54, 1.807) is 4.57 Å². The molecule has 8 heteroatoms. The van der Waals surface area contributed by atoms with Crippen molar-refractivity contribution in [3.05, 3.63) is 65.2 Å². The van der Waals surface area contributed by atoms with Crippen molar-refractivity contribution in [1.29, 1.82) is 0 Å². The van der Waals surface area contributed by atoms with E-state index in [0.29, 0.717) is 15.4 Å². The maximum atomic E-state index is 12.8. The normalized spacial score (nSPS) is 10.9. The van der Waals surface area contributed by atoms with Gasteiger partial charge in [-0.2, -0.15) is 0 Å².